The van der Waals surface area contributed by atoms with E-state index in [1.807, 2.05) is 31.2 Å². The first-order valence-corrected chi connectivity index (χ1v) is 11.3. The Morgan fingerprint density at radius 3 is 2.41 bits per heavy atom. The SMILES string of the molecule is CC(=O)c1cccc(NC(=O)C2CCN(S(=O)(=O)Cc3ccccc3C)CC2)c1. The van der Waals surface area contributed by atoms with Gasteiger partial charge in [0.25, 0.3) is 0 Å². The van der Waals surface area contributed by atoms with E-state index in [-0.39, 0.29) is 23.4 Å². The first-order valence-electron chi connectivity index (χ1n) is 9.70. The van der Waals surface area contributed by atoms with Crippen LogP contribution in [-0.2, 0) is 20.6 Å². The lowest BCUT2D eigenvalue weighted by molar-refractivity contribution is -0.120. The van der Waals surface area contributed by atoms with E-state index in [0.29, 0.717) is 37.2 Å². The van der Waals surface area contributed by atoms with E-state index < -0.39 is 10.0 Å². The smallest absolute Gasteiger partial charge is 0.227 e. The van der Waals surface area contributed by atoms with Crippen LogP contribution in [0.25, 0.3) is 0 Å². The van der Waals surface area contributed by atoms with Crippen LogP contribution < -0.4 is 5.32 Å². The number of nitrogens with one attached hydrogen (secondary N) is 1. The lowest BCUT2D eigenvalue weighted by Gasteiger charge is -2.30. The molecule has 0 spiro atoms. The number of piperidine rings is 1. The second-order valence-corrected chi connectivity index (χ2v) is 9.45. The normalized spacial score (nSPS) is 15.8. The number of Topliss-reactive ketones (excluding diaryl/α,β-unsaturated/α-hetero) is 1. The fourth-order valence-corrected chi connectivity index (χ4v) is 5.18. The van der Waals surface area contributed by atoms with Crippen LogP contribution in [0.4, 0.5) is 5.69 Å². The highest BCUT2D eigenvalue weighted by Gasteiger charge is 2.31. The number of ketones is 1. The maximum Gasteiger partial charge on any atom is 0.227 e. The van der Waals surface area contributed by atoms with E-state index >= 15 is 0 Å². The highest BCUT2D eigenvalue weighted by atomic mass is 32.2. The Morgan fingerprint density at radius 1 is 1.07 bits per heavy atom. The second kappa shape index (κ2) is 8.88. The predicted molar refractivity (Wildman–Crippen MR) is 113 cm³/mol. The van der Waals surface area contributed by atoms with Gasteiger partial charge in [-0.05, 0) is 49.9 Å². The van der Waals surface area contributed by atoms with Crippen molar-refractivity contribution < 1.29 is 18.0 Å². The molecule has 0 unspecified atom stereocenters. The number of carbonyl (C=O) groups excluding carboxylic acids is 2. The van der Waals surface area contributed by atoms with Crippen molar-refractivity contribution in [1.29, 1.82) is 0 Å². The zero-order valence-electron chi connectivity index (χ0n) is 16.7. The van der Waals surface area contributed by atoms with Crippen LogP contribution in [0.2, 0.25) is 0 Å². The van der Waals surface area contributed by atoms with E-state index in [4.69, 9.17) is 0 Å². The summed E-state index contributed by atoms with van der Waals surface area (Å²) in [6.45, 7) is 4.05. The van der Waals surface area contributed by atoms with E-state index in [0.717, 1.165) is 11.1 Å². The van der Waals surface area contributed by atoms with Gasteiger partial charge in [-0.2, -0.15) is 0 Å². The van der Waals surface area contributed by atoms with Crippen molar-refractivity contribution in [3.8, 4) is 0 Å². The van der Waals surface area contributed by atoms with Crippen molar-refractivity contribution >= 4 is 27.4 Å². The third-order valence-corrected chi connectivity index (χ3v) is 7.18. The van der Waals surface area contributed by atoms with E-state index in [1.165, 1.54) is 11.2 Å². The lowest BCUT2D eigenvalue weighted by Crippen LogP contribution is -2.42. The number of nitrogens with zero attached hydrogens (tertiary/aromatic N) is 1. The van der Waals surface area contributed by atoms with Gasteiger partial charge >= 0.3 is 0 Å². The first-order chi connectivity index (χ1) is 13.8. The fourth-order valence-electron chi connectivity index (χ4n) is 3.52. The number of sulfonamides is 1. The summed E-state index contributed by atoms with van der Waals surface area (Å²) < 4.78 is 27.0. The molecule has 1 saturated heterocycles. The zero-order valence-corrected chi connectivity index (χ0v) is 17.5. The molecule has 0 aromatic heterocycles. The first kappa shape index (κ1) is 21.2. The maximum atomic E-state index is 12.8. The molecule has 29 heavy (non-hydrogen) atoms. The average Bonchev–Trinajstić information content (AvgIpc) is 2.70. The molecule has 1 fully saturated rings. The van der Waals surface area contributed by atoms with Gasteiger partial charge in [-0.3, -0.25) is 9.59 Å². The minimum absolute atomic E-state index is 0.0195. The summed E-state index contributed by atoms with van der Waals surface area (Å²) in [6.07, 6.45) is 0.955. The molecule has 0 bridgehead atoms. The third kappa shape index (κ3) is 5.31. The summed E-state index contributed by atoms with van der Waals surface area (Å²) >= 11 is 0. The summed E-state index contributed by atoms with van der Waals surface area (Å²) in [5, 5.41) is 2.85. The number of carbonyl (C=O) groups is 2. The average molecular weight is 415 g/mol. The Morgan fingerprint density at radius 2 is 1.76 bits per heavy atom. The number of benzene rings is 2. The summed E-state index contributed by atoms with van der Waals surface area (Å²) in [4.78, 5) is 24.1. The van der Waals surface area contributed by atoms with Crippen LogP contribution in [0.1, 0.15) is 41.3 Å². The molecule has 6 nitrogen and oxygen atoms in total. The van der Waals surface area contributed by atoms with E-state index in [2.05, 4.69) is 5.32 Å². The standard InChI is InChI=1S/C22H26N2O4S/c1-16-6-3-4-7-20(16)15-29(27,28)24-12-10-18(11-13-24)22(26)23-21-9-5-8-19(14-21)17(2)25/h3-9,14,18H,10-13,15H2,1-2H3,(H,23,26). The Kier molecular flexibility index (Phi) is 6.49. The molecular weight excluding hydrogens is 388 g/mol. The highest BCUT2D eigenvalue weighted by molar-refractivity contribution is 7.88. The van der Waals surface area contributed by atoms with Crippen LogP contribution in [-0.4, -0.2) is 37.5 Å². The van der Waals surface area contributed by atoms with Gasteiger partial charge in [-0.25, -0.2) is 12.7 Å². The molecule has 1 heterocycles. The van der Waals surface area contributed by atoms with Crippen LogP contribution in [0.15, 0.2) is 48.5 Å². The highest BCUT2D eigenvalue weighted by Crippen LogP contribution is 2.24. The van der Waals surface area contributed by atoms with Crippen molar-refractivity contribution in [2.75, 3.05) is 18.4 Å². The van der Waals surface area contributed by atoms with Crippen molar-refractivity contribution in [3.63, 3.8) is 0 Å². The fraction of sp³-hybridized carbons (Fsp3) is 0.364. The van der Waals surface area contributed by atoms with Crippen LogP contribution >= 0.6 is 0 Å². The molecule has 2 aromatic rings. The zero-order chi connectivity index (χ0) is 21.0. The topological polar surface area (TPSA) is 83.6 Å². The summed E-state index contributed by atoms with van der Waals surface area (Å²) in [5.74, 6) is -0.468. The minimum Gasteiger partial charge on any atom is -0.326 e. The number of aryl methyl sites for hydroxylation is 1. The van der Waals surface area contributed by atoms with Crippen LogP contribution in [0, 0.1) is 12.8 Å². The summed E-state index contributed by atoms with van der Waals surface area (Å²) in [7, 11) is -3.42. The lowest BCUT2D eigenvalue weighted by atomic mass is 9.97. The maximum absolute atomic E-state index is 12.8. The van der Waals surface area contributed by atoms with Crippen molar-refractivity contribution in [2.45, 2.75) is 32.4 Å². The van der Waals surface area contributed by atoms with Gasteiger partial charge in [0.05, 0.1) is 5.75 Å². The monoisotopic (exact) mass is 414 g/mol. The molecule has 0 aliphatic carbocycles. The molecule has 154 valence electrons. The Bertz CT molecular complexity index is 1010. The Labute approximate surface area is 172 Å². The molecule has 1 aliphatic heterocycles. The molecule has 0 radical (unpaired) electrons. The molecule has 1 aliphatic rings. The van der Waals surface area contributed by atoms with Gasteiger partial charge < -0.3 is 5.32 Å². The van der Waals surface area contributed by atoms with Gasteiger partial charge in [0, 0.05) is 30.3 Å². The summed E-state index contributed by atoms with van der Waals surface area (Å²) in [5.41, 5.74) is 2.88. The third-order valence-electron chi connectivity index (χ3n) is 5.35. The second-order valence-electron chi connectivity index (χ2n) is 7.48. The van der Waals surface area contributed by atoms with Crippen molar-refractivity contribution in [3.05, 3.63) is 65.2 Å². The van der Waals surface area contributed by atoms with Gasteiger partial charge in [-0.15, -0.1) is 0 Å². The van der Waals surface area contributed by atoms with E-state index in [1.54, 1.807) is 24.3 Å². The minimum atomic E-state index is -3.42. The van der Waals surface area contributed by atoms with Gasteiger partial charge in [-0.1, -0.05) is 36.4 Å². The van der Waals surface area contributed by atoms with E-state index in [9.17, 15) is 18.0 Å². The van der Waals surface area contributed by atoms with Crippen LogP contribution in [0.3, 0.4) is 0 Å². The molecule has 0 saturated carbocycles. The van der Waals surface area contributed by atoms with Gasteiger partial charge in [0.15, 0.2) is 5.78 Å². The summed E-state index contributed by atoms with van der Waals surface area (Å²) in [6, 6.07) is 14.3. The number of rotatable bonds is 6. The van der Waals surface area contributed by atoms with Crippen molar-refractivity contribution in [1.82, 2.24) is 4.31 Å². The number of hydrogen-bond donors (Lipinski definition) is 1. The molecule has 1 amide bonds. The number of anilines is 1. The molecule has 7 heteroatoms. The predicted octanol–water partition coefficient (Wildman–Crippen LogP) is 3.38. The molecule has 1 N–H and O–H groups in total. The quantitative estimate of drug-likeness (QED) is 0.735. The van der Waals surface area contributed by atoms with Crippen molar-refractivity contribution in [2.24, 2.45) is 5.92 Å². The molecule has 3 rings (SSSR count). The molecule has 2 aromatic carbocycles. The number of amides is 1. The van der Waals surface area contributed by atoms with Gasteiger partial charge in [0.2, 0.25) is 15.9 Å². The Balaban J connectivity index is 1.58. The Hall–Kier alpha value is -2.51. The van der Waals surface area contributed by atoms with Gasteiger partial charge in [0.1, 0.15) is 0 Å². The number of hydrogen-bond acceptors (Lipinski definition) is 4. The molecular formula is C22H26N2O4S. The largest absolute Gasteiger partial charge is 0.326 e. The molecule has 0 atom stereocenters. The van der Waals surface area contributed by atoms with Crippen LogP contribution in [0.5, 0.6) is 0 Å².